The molecule has 27 heavy (non-hydrogen) atoms. The maximum absolute atomic E-state index is 12.4. The van der Waals surface area contributed by atoms with Crippen molar-refractivity contribution < 1.29 is 14.3 Å². The molecule has 1 heterocycles. The van der Waals surface area contributed by atoms with E-state index in [1.165, 1.54) is 0 Å². The highest BCUT2D eigenvalue weighted by atomic mass is 16.5. The SMILES string of the molecule is COc1ccc(CC(=O)Nc2ccc3c(C)c(C)c(=O)[nH]c3c2)cc1OC. The number of H-pyrrole nitrogens is 1. The summed E-state index contributed by atoms with van der Waals surface area (Å²) in [6.07, 6.45) is 0.196. The Bertz CT molecular complexity index is 1070. The number of aromatic nitrogens is 1. The van der Waals surface area contributed by atoms with Crippen LogP contribution in [0, 0.1) is 13.8 Å². The number of aromatic amines is 1. The first kappa shape index (κ1) is 18.5. The van der Waals surface area contributed by atoms with Crippen LogP contribution in [0.15, 0.2) is 41.2 Å². The Morgan fingerprint density at radius 1 is 1.00 bits per heavy atom. The van der Waals surface area contributed by atoms with Gasteiger partial charge in [0.15, 0.2) is 11.5 Å². The summed E-state index contributed by atoms with van der Waals surface area (Å²) < 4.78 is 10.5. The molecule has 3 aromatic rings. The molecule has 1 aromatic heterocycles. The normalized spacial score (nSPS) is 10.7. The minimum Gasteiger partial charge on any atom is -0.493 e. The van der Waals surface area contributed by atoms with Crippen molar-refractivity contribution in [2.45, 2.75) is 20.3 Å². The van der Waals surface area contributed by atoms with Crippen LogP contribution in [0.3, 0.4) is 0 Å². The summed E-state index contributed by atoms with van der Waals surface area (Å²) in [6, 6.07) is 10.9. The Morgan fingerprint density at radius 3 is 2.44 bits per heavy atom. The number of methoxy groups -OCH3 is 2. The van der Waals surface area contributed by atoms with Gasteiger partial charge in [0, 0.05) is 16.6 Å². The molecule has 0 bridgehead atoms. The molecule has 0 aliphatic heterocycles. The number of amides is 1. The van der Waals surface area contributed by atoms with E-state index in [0.717, 1.165) is 16.5 Å². The number of carbonyl (C=O) groups is 1. The monoisotopic (exact) mass is 366 g/mol. The van der Waals surface area contributed by atoms with Crippen molar-refractivity contribution in [2.24, 2.45) is 0 Å². The lowest BCUT2D eigenvalue weighted by Crippen LogP contribution is -2.15. The summed E-state index contributed by atoms with van der Waals surface area (Å²) >= 11 is 0. The van der Waals surface area contributed by atoms with Crippen molar-refractivity contribution in [3.8, 4) is 11.5 Å². The molecule has 0 aliphatic carbocycles. The van der Waals surface area contributed by atoms with Crippen LogP contribution in [0.4, 0.5) is 5.69 Å². The van der Waals surface area contributed by atoms with Gasteiger partial charge in [0.1, 0.15) is 0 Å². The summed E-state index contributed by atoms with van der Waals surface area (Å²) in [5, 5.41) is 3.83. The van der Waals surface area contributed by atoms with E-state index in [2.05, 4.69) is 10.3 Å². The molecule has 0 spiro atoms. The molecular formula is C21H22N2O4. The van der Waals surface area contributed by atoms with Crippen LogP contribution in [0.1, 0.15) is 16.7 Å². The maximum atomic E-state index is 12.4. The Balaban J connectivity index is 1.80. The second-order valence-electron chi connectivity index (χ2n) is 6.38. The van der Waals surface area contributed by atoms with Gasteiger partial charge in [0.05, 0.1) is 26.2 Å². The molecule has 0 saturated heterocycles. The van der Waals surface area contributed by atoms with E-state index in [0.29, 0.717) is 28.3 Å². The van der Waals surface area contributed by atoms with Gasteiger partial charge in [0.2, 0.25) is 5.91 Å². The van der Waals surface area contributed by atoms with Crippen LogP contribution in [0.2, 0.25) is 0 Å². The Morgan fingerprint density at radius 2 is 1.74 bits per heavy atom. The molecule has 2 N–H and O–H groups in total. The number of benzene rings is 2. The fourth-order valence-electron chi connectivity index (χ4n) is 3.02. The summed E-state index contributed by atoms with van der Waals surface area (Å²) in [5.74, 6) is 1.04. The number of ether oxygens (including phenoxy) is 2. The van der Waals surface area contributed by atoms with Gasteiger partial charge < -0.3 is 19.8 Å². The third-order valence-corrected chi connectivity index (χ3v) is 4.67. The van der Waals surface area contributed by atoms with Crippen LogP contribution in [0.25, 0.3) is 10.9 Å². The summed E-state index contributed by atoms with van der Waals surface area (Å²) in [7, 11) is 3.12. The van der Waals surface area contributed by atoms with Crippen molar-refractivity contribution in [3.63, 3.8) is 0 Å². The van der Waals surface area contributed by atoms with E-state index >= 15 is 0 Å². The number of hydrogen-bond donors (Lipinski definition) is 2. The molecule has 0 radical (unpaired) electrons. The lowest BCUT2D eigenvalue weighted by Gasteiger charge is -2.11. The van der Waals surface area contributed by atoms with Gasteiger partial charge >= 0.3 is 0 Å². The largest absolute Gasteiger partial charge is 0.493 e. The van der Waals surface area contributed by atoms with E-state index in [1.54, 1.807) is 39.3 Å². The molecule has 140 valence electrons. The molecule has 6 nitrogen and oxygen atoms in total. The smallest absolute Gasteiger partial charge is 0.251 e. The first-order chi connectivity index (χ1) is 12.9. The van der Waals surface area contributed by atoms with Crippen molar-refractivity contribution in [1.29, 1.82) is 0 Å². The summed E-state index contributed by atoms with van der Waals surface area (Å²) in [5.41, 5.74) is 3.67. The van der Waals surface area contributed by atoms with E-state index in [1.807, 2.05) is 25.1 Å². The minimum atomic E-state index is -0.159. The number of carbonyl (C=O) groups excluding carboxylic acids is 1. The van der Waals surface area contributed by atoms with Gasteiger partial charge in [0.25, 0.3) is 5.56 Å². The van der Waals surface area contributed by atoms with E-state index < -0.39 is 0 Å². The Labute approximate surface area is 157 Å². The molecule has 0 aliphatic rings. The predicted octanol–water partition coefficient (Wildman–Crippen LogP) is 3.34. The lowest BCUT2D eigenvalue weighted by atomic mass is 10.1. The number of aryl methyl sites for hydroxylation is 1. The van der Waals surface area contributed by atoms with Gasteiger partial charge in [-0.1, -0.05) is 12.1 Å². The van der Waals surface area contributed by atoms with Crippen LogP contribution < -0.4 is 20.3 Å². The fraction of sp³-hybridized carbons (Fsp3) is 0.238. The number of hydrogen-bond acceptors (Lipinski definition) is 4. The molecule has 0 unspecified atom stereocenters. The number of nitrogens with one attached hydrogen (secondary N) is 2. The standard InChI is InChI=1S/C21H22N2O4/c1-12-13(2)21(25)23-17-11-15(6-7-16(12)17)22-20(24)10-14-5-8-18(26-3)19(9-14)27-4/h5-9,11H,10H2,1-4H3,(H,22,24)(H,23,25). The zero-order valence-electron chi connectivity index (χ0n) is 15.8. The van der Waals surface area contributed by atoms with Crippen molar-refractivity contribution in [3.05, 3.63) is 63.4 Å². The molecule has 6 heteroatoms. The number of pyridine rings is 1. The van der Waals surface area contributed by atoms with Gasteiger partial charge in [-0.2, -0.15) is 0 Å². The minimum absolute atomic E-state index is 0.117. The topological polar surface area (TPSA) is 80.4 Å². The molecule has 0 atom stereocenters. The number of fused-ring (bicyclic) bond motifs is 1. The number of anilines is 1. The van der Waals surface area contributed by atoms with Crippen LogP contribution >= 0.6 is 0 Å². The quantitative estimate of drug-likeness (QED) is 0.726. The van der Waals surface area contributed by atoms with Crippen LogP contribution in [0.5, 0.6) is 11.5 Å². The van der Waals surface area contributed by atoms with Gasteiger partial charge in [-0.15, -0.1) is 0 Å². The molecule has 2 aromatic carbocycles. The van der Waals surface area contributed by atoms with Gasteiger partial charge in [-0.3, -0.25) is 9.59 Å². The third-order valence-electron chi connectivity index (χ3n) is 4.67. The van der Waals surface area contributed by atoms with E-state index in [-0.39, 0.29) is 17.9 Å². The highest BCUT2D eigenvalue weighted by Gasteiger charge is 2.10. The van der Waals surface area contributed by atoms with Crippen LogP contribution in [-0.4, -0.2) is 25.1 Å². The van der Waals surface area contributed by atoms with E-state index in [4.69, 9.17) is 9.47 Å². The van der Waals surface area contributed by atoms with Gasteiger partial charge in [-0.05, 0) is 49.2 Å². The second kappa shape index (κ2) is 7.53. The first-order valence-electron chi connectivity index (χ1n) is 8.57. The lowest BCUT2D eigenvalue weighted by molar-refractivity contribution is -0.115. The molecule has 0 fully saturated rings. The zero-order valence-corrected chi connectivity index (χ0v) is 15.8. The van der Waals surface area contributed by atoms with Crippen LogP contribution in [-0.2, 0) is 11.2 Å². The molecule has 3 rings (SSSR count). The summed E-state index contributed by atoms with van der Waals surface area (Å²) in [6.45, 7) is 3.72. The fourth-order valence-corrected chi connectivity index (χ4v) is 3.02. The average Bonchev–Trinajstić information content (AvgIpc) is 2.65. The van der Waals surface area contributed by atoms with Crippen molar-refractivity contribution >= 4 is 22.5 Å². The third kappa shape index (κ3) is 3.79. The predicted molar refractivity (Wildman–Crippen MR) is 106 cm³/mol. The molecule has 0 saturated carbocycles. The van der Waals surface area contributed by atoms with Gasteiger partial charge in [-0.25, -0.2) is 0 Å². The summed E-state index contributed by atoms with van der Waals surface area (Å²) in [4.78, 5) is 27.2. The highest BCUT2D eigenvalue weighted by Crippen LogP contribution is 2.28. The average molecular weight is 366 g/mol. The Hall–Kier alpha value is -3.28. The zero-order chi connectivity index (χ0) is 19.6. The Kier molecular flexibility index (Phi) is 5.16. The van der Waals surface area contributed by atoms with Crippen molar-refractivity contribution in [1.82, 2.24) is 4.98 Å². The number of rotatable bonds is 5. The second-order valence-corrected chi connectivity index (χ2v) is 6.38. The first-order valence-corrected chi connectivity index (χ1v) is 8.57. The molecule has 1 amide bonds. The maximum Gasteiger partial charge on any atom is 0.251 e. The van der Waals surface area contributed by atoms with Crippen molar-refractivity contribution in [2.75, 3.05) is 19.5 Å². The highest BCUT2D eigenvalue weighted by molar-refractivity contribution is 5.95. The molecular weight excluding hydrogens is 344 g/mol. The van der Waals surface area contributed by atoms with E-state index in [9.17, 15) is 9.59 Å².